The van der Waals surface area contributed by atoms with Crippen LogP contribution in [-0.2, 0) is 16.6 Å². The lowest BCUT2D eigenvalue weighted by Crippen LogP contribution is -2.84. The van der Waals surface area contributed by atoms with E-state index in [1.807, 2.05) is 0 Å². The molecule has 256 valence electrons. The van der Waals surface area contributed by atoms with Crippen LogP contribution in [0.3, 0.4) is 0 Å². The Morgan fingerprint density at radius 3 is 2.10 bits per heavy atom. The summed E-state index contributed by atoms with van der Waals surface area (Å²) in [5, 5.41) is 1.39. The lowest BCUT2D eigenvalue weighted by atomic mass is 9.73. The molecule has 1 aromatic heterocycles. The Hall–Kier alpha value is -3.72. The highest BCUT2D eigenvalue weighted by molar-refractivity contribution is 6.11. The highest BCUT2D eigenvalue weighted by Crippen LogP contribution is 2.66. The van der Waals surface area contributed by atoms with E-state index in [2.05, 4.69) is 129 Å². The monoisotopic (exact) mass is 661 g/mol. The summed E-state index contributed by atoms with van der Waals surface area (Å²) in [5.74, 6) is 1.73. The van der Waals surface area contributed by atoms with Crippen LogP contribution in [0.25, 0.3) is 33.3 Å². The molecule has 10 rings (SSSR count). The maximum atomic E-state index is 3.03. The molecule has 2 fully saturated rings. The van der Waals surface area contributed by atoms with Crippen LogP contribution < -0.4 is 4.57 Å². The molecule has 3 heteroatoms. The molecule has 2 aliphatic heterocycles. The normalized spacial score (nSPS) is 24.9. The van der Waals surface area contributed by atoms with Crippen LogP contribution in [0.4, 0.5) is 0 Å². The van der Waals surface area contributed by atoms with Gasteiger partial charge in [-0.15, -0.1) is 4.57 Å². The predicted molar refractivity (Wildman–Crippen MR) is 206 cm³/mol. The van der Waals surface area contributed by atoms with E-state index < -0.39 is 0 Å². The van der Waals surface area contributed by atoms with Gasteiger partial charge in [-0.05, 0) is 109 Å². The average Bonchev–Trinajstić information content (AvgIpc) is 3.65. The van der Waals surface area contributed by atoms with Crippen molar-refractivity contribution in [2.75, 3.05) is 0 Å². The Morgan fingerprint density at radius 2 is 1.36 bits per heavy atom. The lowest BCUT2D eigenvalue weighted by Gasteiger charge is -2.50. The van der Waals surface area contributed by atoms with Crippen molar-refractivity contribution < 1.29 is 9.14 Å². The topological polar surface area (TPSA) is 10.1 Å². The van der Waals surface area contributed by atoms with Gasteiger partial charge in [0.05, 0.1) is 11.5 Å². The van der Waals surface area contributed by atoms with Crippen molar-refractivity contribution in [1.82, 2.24) is 4.90 Å². The van der Waals surface area contributed by atoms with Gasteiger partial charge in [-0.3, -0.25) is 0 Å². The van der Waals surface area contributed by atoms with E-state index >= 15 is 0 Å². The third-order valence-corrected chi connectivity index (χ3v) is 14.1. The number of benzene rings is 3. The molecule has 4 aromatic rings. The number of aryl methyl sites for hydroxylation is 1. The predicted octanol–water partition coefficient (Wildman–Crippen LogP) is 10.6. The second-order valence-electron chi connectivity index (χ2n) is 18.0. The maximum absolute atomic E-state index is 3.03. The molecule has 50 heavy (non-hydrogen) atoms. The van der Waals surface area contributed by atoms with Crippen molar-refractivity contribution >= 4 is 27.9 Å². The number of fused-ring (bicyclic) bond motifs is 12. The van der Waals surface area contributed by atoms with Crippen LogP contribution >= 0.6 is 0 Å². The third kappa shape index (κ3) is 3.62. The molecular weight excluding hydrogens is 607 g/mol. The maximum Gasteiger partial charge on any atom is 0.479 e. The van der Waals surface area contributed by atoms with Gasteiger partial charge in [0.2, 0.25) is 11.2 Å². The van der Waals surface area contributed by atoms with Crippen LogP contribution in [0.2, 0.25) is 0 Å². The Morgan fingerprint density at radius 1 is 0.700 bits per heavy atom. The van der Waals surface area contributed by atoms with Crippen molar-refractivity contribution in [3.63, 3.8) is 0 Å². The van der Waals surface area contributed by atoms with Crippen LogP contribution in [0, 0.1) is 12.8 Å². The molecule has 3 nitrogen and oxygen atoms in total. The standard InChI is InChI=1S/C47H55N3/c1-29(2)44-48(31-18-10-8-11-19-31)47(49(44)32-20-12-9-13-21-32)37-27-26-35-41(40(37)39-28-30(3)33-22-15-17-25-38(33)50(39)47)46(6,7)42-34-23-14-16-24-36(34)45(4,5)43(35)42/h14-17,22-29,31-32H,8-13,18-21H2,1-7H3/q+2. The van der Waals surface area contributed by atoms with E-state index in [0.717, 1.165) is 0 Å². The minimum absolute atomic E-state index is 0.0361. The van der Waals surface area contributed by atoms with E-state index in [9.17, 15) is 0 Å². The fraction of sp³-hybridized carbons (Fsp3) is 0.489. The summed E-state index contributed by atoms with van der Waals surface area (Å²) in [6.45, 7) is 17.3. The highest BCUT2D eigenvalue weighted by atomic mass is 15.6. The third-order valence-electron chi connectivity index (χ3n) is 14.1. The van der Waals surface area contributed by atoms with Gasteiger partial charge in [-0.1, -0.05) is 96.8 Å². The average molecular weight is 662 g/mol. The Labute approximate surface area is 299 Å². The van der Waals surface area contributed by atoms with Crippen molar-refractivity contribution in [2.45, 2.75) is 141 Å². The first-order valence-electron chi connectivity index (χ1n) is 20.1. The van der Waals surface area contributed by atoms with Gasteiger partial charge in [-0.25, -0.2) is 0 Å². The molecule has 0 amide bonds. The van der Waals surface area contributed by atoms with Gasteiger partial charge in [-0.2, -0.15) is 9.48 Å². The molecular formula is C47H55N3+2. The van der Waals surface area contributed by atoms with Crippen LogP contribution in [0.15, 0.2) is 66.7 Å². The summed E-state index contributed by atoms with van der Waals surface area (Å²) in [6.07, 6.45) is 13.3. The summed E-state index contributed by atoms with van der Waals surface area (Å²) in [4.78, 5) is 3.03. The molecule has 0 N–H and O–H groups in total. The lowest BCUT2D eigenvalue weighted by molar-refractivity contribution is -0.957. The zero-order valence-corrected chi connectivity index (χ0v) is 31.5. The highest BCUT2D eigenvalue weighted by Gasteiger charge is 2.78. The Balaban J connectivity index is 1.34. The van der Waals surface area contributed by atoms with Crippen molar-refractivity contribution in [3.05, 3.63) is 100 Å². The number of allylic oxidation sites excluding steroid dienone is 2. The summed E-state index contributed by atoms with van der Waals surface area (Å²) in [7, 11) is 0. The minimum atomic E-state index is -0.354. The summed E-state index contributed by atoms with van der Waals surface area (Å²) < 4.78 is 5.91. The number of hydrogen-bond acceptors (Lipinski definition) is 1. The summed E-state index contributed by atoms with van der Waals surface area (Å²) in [6, 6.07) is 27.5. The van der Waals surface area contributed by atoms with E-state index in [-0.39, 0.29) is 16.6 Å². The number of pyridine rings is 1. The quantitative estimate of drug-likeness (QED) is 0.199. The molecule has 1 atom stereocenters. The number of nitrogens with zero attached hydrogens (tertiary/aromatic N) is 3. The molecule has 2 saturated carbocycles. The van der Waals surface area contributed by atoms with E-state index in [0.29, 0.717) is 18.0 Å². The van der Waals surface area contributed by atoms with Crippen LogP contribution in [0.1, 0.15) is 139 Å². The smallest absolute Gasteiger partial charge is 0.155 e. The fourth-order valence-electron chi connectivity index (χ4n) is 12.3. The minimum Gasteiger partial charge on any atom is -0.155 e. The molecule has 6 aliphatic rings. The van der Waals surface area contributed by atoms with E-state index in [1.54, 1.807) is 22.5 Å². The zero-order valence-electron chi connectivity index (χ0n) is 31.5. The number of aromatic nitrogens is 1. The van der Waals surface area contributed by atoms with Crippen LogP contribution in [0.5, 0.6) is 0 Å². The molecule has 0 saturated heterocycles. The molecule has 3 heterocycles. The first-order valence-corrected chi connectivity index (χ1v) is 20.1. The molecule has 1 spiro atoms. The largest absolute Gasteiger partial charge is 0.479 e. The van der Waals surface area contributed by atoms with E-state index in [1.165, 1.54) is 114 Å². The van der Waals surface area contributed by atoms with Gasteiger partial charge in [0, 0.05) is 28.3 Å². The number of para-hydroxylation sites is 1. The van der Waals surface area contributed by atoms with Gasteiger partial charge >= 0.3 is 5.79 Å². The second-order valence-corrected chi connectivity index (χ2v) is 18.0. The SMILES string of the molecule is Cc1cc2[n+](c3ccccc13)C1(c3ccc4c(c3-2)C(C)(C)C2=C4C(C)(C)c3ccccc32)N(C2CCCCC2)C(C(C)C)=[N+]1C1CCCCC1. The molecule has 4 aliphatic carbocycles. The first kappa shape index (κ1) is 31.1. The van der Waals surface area contributed by atoms with E-state index in [4.69, 9.17) is 0 Å². The fourth-order valence-corrected chi connectivity index (χ4v) is 12.3. The Bertz CT molecular complexity index is 2180. The van der Waals surface area contributed by atoms with Gasteiger partial charge < -0.3 is 0 Å². The number of rotatable bonds is 3. The van der Waals surface area contributed by atoms with Crippen LogP contribution in [-0.4, -0.2) is 27.4 Å². The van der Waals surface area contributed by atoms with Gasteiger partial charge in [0.15, 0.2) is 0 Å². The van der Waals surface area contributed by atoms with Crippen molar-refractivity contribution in [1.29, 1.82) is 0 Å². The molecule has 0 radical (unpaired) electrons. The molecule has 3 aromatic carbocycles. The van der Waals surface area contributed by atoms with Crippen molar-refractivity contribution in [3.8, 4) is 11.3 Å². The Kier molecular flexibility index (Phi) is 6.47. The summed E-state index contributed by atoms with van der Waals surface area (Å²) >= 11 is 0. The molecule has 0 bridgehead atoms. The number of hydrogen-bond donors (Lipinski definition) is 0. The second kappa shape index (κ2) is 10.4. The first-order chi connectivity index (χ1) is 24.1. The van der Waals surface area contributed by atoms with Gasteiger partial charge in [0.1, 0.15) is 17.6 Å². The summed E-state index contributed by atoms with van der Waals surface area (Å²) in [5.41, 5.74) is 16.2. The zero-order chi connectivity index (χ0) is 34.3. The van der Waals surface area contributed by atoms with Crippen molar-refractivity contribution in [2.24, 2.45) is 5.92 Å². The molecule has 1 unspecified atom stereocenters. The number of amidine groups is 1. The van der Waals surface area contributed by atoms with Gasteiger partial charge in [0.25, 0.3) is 5.84 Å².